The zero-order valence-corrected chi connectivity index (χ0v) is 18.5. The van der Waals surface area contributed by atoms with Gasteiger partial charge in [0, 0.05) is 31.0 Å². The predicted molar refractivity (Wildman–Crippen MR) is 120 cm³/mol. The van der Waals surface area contributed by atoms with E-state index in [9.17, 15) is 14.4 Å². The minimum Gasteiger partial charge on any atom is -0.497 e. The number of carbonyl (C=O) groups is 3. The molecular weight excluding hydrogens is 422 g/mol. The summed E-state index contributed by atoms with van der Waals surface area (Å²) in [7, 11) is 3.10. The van der Waals surface area contributed by atoms with Gasteiger partial charge in [0.25, 0.3) is 5.91 Å². The van der Waals surface area contributed by atoms with Crippen LogP contribution in [0.2, 0.25) is 0 Å². The summed E-state index contributed by atoms with van der Waals surface area (Å²) in [6.45, 7) is 0.982. The molecule has 3 aromatic rings. The number of imidazole rings is 1. The van der Waals surface area contributed by atoms with Gasteiger partial charge in [-0.05, 0) is 48.4 Å². The smallest absolute Gasteiger partial charge is 0.291 e. The van der Waals surface area contributed by atoms with Gasteiger partial charge in [0.05, 0.1) is 26.6 Å². The predicted octanol–water partition coefficient (Wildman–Crippen LogP) is 2.94. The number of hydrogen-bond donors (Lipinski definition) is 0. The fourth-order valence-electron chi connectivity index (χ4n) is 4.18. The van der Waals surface area contributed by atoms with Crippen LogP contribution < -0.4 is 9.47 Å². The average Bonchev–Trinajstić information content (AvgIpc) is 3.46. The van der Waals surface area contributed by atoms with Crippen LogP contribution in [0, 0.1) is 5.92 Å². The molecule has 170 valence electrons. The molecule has 1 aliphatic heterocycles. The molecule has 2 unspecified atom stereocenters. The first-order chi connectivity index (χ1) is 16.0. The lowest BCUT2D eigenvalue weighted by atomic mass is 9.86. The van der Waals surface area contributed by atoms with Crippen LogP contribution in [-0.4, -0.2) is 52.7 Å². The second kappa shape index (κ2) is 9.68. The van der Waals surface area contributed by atoms with E-state index in [1.807, 2.05) is 10.8 Å². The number of ketones is 2. The zero-order valence-electron chi connectivity index (χ0n) is 18.5. The first kappa shape index (κ1) is 22.3. The highest BCUT2D eigenvalue weighted by Crippen LogP contribution is 2.39. The van der Waals surface area contributed by atoms with Gasteiger partial charge >= 0.3 is 0 Å². The van der Waals surface area contributed by atoms with E-state index in [0.717, 1.165) is 0 Å². The molecule has 0 saturated carbocycles. The molecule has 2 aromatic carbocycles. The first-order valence-electron chi connectivity index (χ1n) is 10.7. The monoisotopic (exact) mass is 447 g/mol. The number of Topliss-reactive ketones (excluding diaryl/α,β-unsaturated/α-hetero) is 2. The van der Waals surface area contributed by atoms with E-state index in [1.54, 1.807) is 68.2 Å². The van der Waals surface area contributed by atoms with Crippen LogP contribution in [0.3, 0.4) is 0 Å². The van der Waals surface area contributed by atoms with E-state index in [4.69, 9.17) is 9.47 Å². The Morgan fingerprint density at radius 1 is 0.939 bits per heavy atom. The molecule has 8 heteroatoms. The number of rotatable bonds is 9. The first-order valence-corrected chi connectivity index (χ1v) is 10.7. The van der Waals surface area contributed by atoms with Crippen molar-refractivity contribution < 1.29 is 23.9 Å². The van der Waals surface area contributed by atoms with Crippen LogP contribution in [0.1, 0.15) is 28.4 Å². The quantitative estimate of drug-likeness (QED) is 0.285. The lowest BCUT2D eigenvalue weighted by Gasteiger charge is -2.27. The van der Waals surface area contributed by atoms with Gasteiger partial charge in [-0.25, -0.2) is 4.98 Å². The SMILES string of the molecule is COc1ccc(C(=O)C2C(=O)C(=O)N(CCCn3ccnc3)C2c2ccc(OC)cc2)cc1. The van der Waals surface area contributed by atoms with Crippen molar-refractivity contribution in [2.45, 2.75) is 19.0 Å². The standard InChI is InChI=1S/C25H25N3O5/c1-32-19-8-4-17(5-9-19)22-21(23(29)18-6-10-20(33-2)11-7-18)24(30)25(31)28(22)14-3-13-27-15-12-26-16-27/h4-12,15-16,21-22H,3,13-14H2,1-2H3. The molecular formula is C25H25N3O5. The summed E-state index contributed by atoms with van der Waals surface area (Å²) < 4.78 is 12.3. The van der Waals surface area contributed by atoms with E-state index in [0.29, 0.717) is 42.1 Å². The van der Waals surface area contributed by atoms with Crippen molar-refractivity contribution >= 4 is 17.5 Å². The molecule has 2 heterocycles. The van der Waals surface area contributed by atoms with Crippen LogP contribution in [0.25, 0.3) is 0 Å². The summed E-state index contributed by atoms with van der Waals surface area (Å²) in [5, 5.41) is 0. The second-order valence-corrected chi connectivity index (χ2v) is 7.81. The number of aromatic nitrogens is 2. The highest BCUT2D eigenvalue weighted by Gasteiger charge is 2.51. The number of amides is 1. The molecule has 0 radical (unpaired) electrons. The van der Waals surface area contributed by atoms with Gasteiger partial charge in [0.15, 0.2) is 5.78 Å². The largest absolute Gasteiger partial charge is 0.497 e. The maximum Gasteiger partial charge on any atom is 0.291 e. The number of carbonyl (C=O) groups excluding carboxylic acids is 3. The van der Waals surface area contributed by atoms with E-state index in [2.05, 4.69) is 4.98 Å². The Labute approximate surface area is 191 Å². The minimum atomic E-state index is -1.12. The lowest BCUT2D eigenvalue weighted by molar-refractivity contribution is -0.140. The number of likely N-dealkylation sites (tertiary alicyclic amines) is 1. The molecule has 0 spiro atoms. The van der Waals surface area contributed by atoms with E-state index < -0.39 is 23.7 Å². The van der Waals surface area contributed by atoms with Crippen LogP contribution in [0.15, 0.2) is 67.3 Å². The Morgan fingerprint density at radius 2 is 1.58 bits per heavy atom. The molecule has 0 aliphatic carbocycles. The summed E-state index contributed by atoms with van der Waals surface area (Å²) in [4.78, 5) is 45.1. The van der Waals surface area contributed by atoms with Gasteiger partial charge in [0.2, 0.25) is 5.78 Å². The number of ether oxygens (including phenoxy) is 2. The van der Waals surface area contributed by atoms with Crippen molar-refractivity contribution in [2.75, 3.05) is 20.8 Å². The van der Waals surface area contributed by atoms with E-state index in [1.165, 1.54) is 12.0 Å². The average molecular weight is 447 g/mol. The van der Waals surface area contributed by atoms with Crippen LogP contribution in [0.4, 0.5) is 0 Å². The van der Waals surface area contributed by atoms with Gasteiger partial charge in [-0.1, -0.05) is 12.1 Å². The normalized spacial score (nSPS) is 17.9. The van der Waals surface area contributed by atoms with Crippen LogP contribution in [-0.2, 0) is 16.1 Å². The number of hydrogen-bond acceptors (Lipinski definition) is 6. The Hall–Kier alpha value is -3.94. The van der Waals surface area contributed by atoms with E-state index >= 15 is 0 Å². The Bertz CT molecular complexity index is 1120. The van der Waals surface area contributed by atoms with Crippen molar-refractivity contribution in [2.24, 2.45) is 5.92 Å². The Kier molecular flexibility index (Phi) is 6.53. The van der Waals surface area contributed by atoms with Crippen molar-refractivity contribution in [3.8, 4) is 11.5 Å². The van der Waals surface area contributed by atoms with Gasteiger partial charge in [0.1, 0.15) is 17.4 Å². The van der Waals surface area contributed by atoms with Crippen LogP contribution in [0.5, 0.6) is 11.5 Å². The highest BCUT2D eigenvalue weighted by atomic mass is 16.5. The summed E-state index contributed by atoms with van der Waals surface area (Å²) in [5.74, 6) is -1.55. The molecule has 1 fully saturated rings. The number of aryl methyl sites for hydroxylation is 1. The summed E-state index contributed by atoms with van der Waals surface area (Å²) in [6, 6.07) is 13.0. The molecule has 2 atom stereocenters. The molecule has 4 rings (SSSR count). The fourth-order valence-corrected chi connectivity index (χ4v) is 4.18. The number of methoxy groups -OCH3 is 2. The molecule has 33 heavy (non-hydrogen) atoms. The van der Waals surface area contributed by atoms with Gasteiger partial charge in [-0.15, -0.1) is 0 Å². The number of benzene rings is 2. The highest BCUT2D eigenvalue weighted by molar-refractivity contribution is 6.44. The molecule has 1 amide bonds. The third kappa shape index (κ3) is 4.50. The van der Waals surface area contributed by atoms with Gasteiger partial charge in [-0.3, -0.25) is 14.4 Å². The molecule has 1 aromatic heterocycles. The Balaban J connectivity index is 1.65. The van der Waals surface area contributed by atoms with Crippen molar-refractivity contribution in [3.63, 3.8) is 0 Å². The second-order valence-electron chi connectivity index (χ2n) is 7.81. The maximum atomic E-state index is 13.4. The maximum absolute atomic E-state index is 13.4. The van der Waals surface area contributed by atoms with Crippen molar-refractivity contribution in [1.82, 2.24) is 14.5 Å². The lowest BCUT2D eigenvalue weighted by Crippen LogP contribution is -2.32. The summed E-state index contributed by atoms with van der Waals surface area (Å²) in [6.07, 6.45) is 5.85. The van der Waals surface area contributed by atoms with Crippen LogP contribution >= 0.6 is 0 Å². The topological polar surface area (TPSA) is 90.7 Å². The summed E-state index contributed by atoms with van der Waals surface area (Å²) in [5.41, 5.74) is 1.07. The zero-order chi connectivity index (χ0) is 23.4. The molecule has 1 saturated heterocycles. The third-order valence-electron chi connectivity index (χ3n) is 5.89. The third-order valence-corrected chi connectivity index (χ3v) is 5.89. The minimum absolute atomic E-state index is 0.339. The fraction of sp³-hybridized carbons (Fsp3) is 0.280. The molecule has 0 N–H and O–H groups in total. The van der Waals surface area contributed by atoms with Gasteiger partial charge in [-0.2, -0.15) is 0 Å². The summed E-state index contributed by atoms with van der Waals surface area (Å²) >= 11 is 0. The molecule has 1 aliphatic rings. The molecule has 8 nitrogen and oxygen atoms in total. The van der Waals surface area contributed by atoms with Crippen molar-refractivity contribution in [1.29, 1.82) is 0 Å². The van der Waals surface area contributed by atoms with E-state index in [-0.39, 0.29) is 5.78 Å². The molecule has 0 bridgehead atoms. The number of nitrogens with zero attached hydrogens (tertiary/aromatic N) is 3. The van der Waals surface area contributed by atoms with Gasteiger partial charge < -0.3 is 18.9 Å². The van der Waals surface area contributed by atoms with Crippen molar-refractivity contribution in [3.05, 3.63) is 78.4 Å². The Morgan fingerprint density at radius 3 is 2.15 bits per heavy atom.